The van der Waals surface area contributed by atoms with Crippen LogP contribution in [0.3, 0.4) is 0 Å². The van der Waals surface area contributed by atoms with E-state index >= 15 is 0 Å². The molecule has 0 saturated heterocycles. The number of aliphatic carboxylic acids is 1. The molecule has 4 nitrogen and oxygen atoms in total. The molecule has 14 heavy (non-hydrogen) atoms. The third-order valence-corrected chi connectivity index (χ3v) is 3.10. The van der Waals surface area contributed by atoms with Gasteiger partial charge in [-0.15, -0.1) is 0 Å². The van der Waals surface area contributed by atoms with E-state index in [0.717, 1.165) is 12.8 Å². The summed E-state index contributed by atoms with van der Waals surface area (Å²) >= 11 is 0. The van der Waals surface area contributed by atoms with E-state index in [2.05, 4.69) is 0 Å². The van der Waals surface area contributed by atoms with Crippen LogP contribution in [0, 0.1) is 5.92 Å². The zero-order valence-corrected chi connectivity index (χ0v) is 9.16. The molecule has 0 bridgehead atoms. The van der Waals surface area contributed by atoms with E-state index in [0.29, 0.717) is 12.6 Å². The van der Waals surface area contributed by atoms with Crippen LogP contribution in [0.5, 0.6) is 0 Å². The van der Waals surface area contributed by atoms with Crippen LogP contribution in [0.2, 0.25) is 0 Å². The Morgan fingerprint density at radius 1 is 1.64 bits per heavy atom. The van der Waals surface area contributed by atoms with Gasteiger partial charge < -0.3 is 15.7 Å². The van der Waals surface area contributed by atoms with Crippen LogP contribution in [0.25, 0.3) is 0 Å². The van der Waals surface area contributed by atoms with Crippen molar-refractivity contribution < 1.29 is 9.90 Å². The molecule has 4 heteroatoms. The minimum Gasteiger partial charge on any atom is -0.480 e. The average molecular weight is 200 g/mol. The quantitative estimate of drug-likeness (QED) is 0.679. The third kappa shape index (κ3) is 2.25. The molecule has 1 rings (SSSR count). The first kappa shape index (κ1) is 11.5. The van der Waals surface area contributed by atoms with E-state index in [-0.39, 0.29) is 5.92 Å². The summed E-state index contributed by atoms with van der Waals surface area (Å²) in [5.74, 6) is -0.700. The Morgan fingerprint density at radius 2 is 2.14 bits per heavy atom. The lowest BCUT2D eigenvalue weighted by Gasteiger charge is -2.32. The number of nitrogens with two attached hydrogens (primary N) is 1. The van der Waals surface area contributed by atoms with Gasteiger partial charge in [0.25, 0.3) is 0 Å². The number of carbonyl (C=O) groups is 1. The Kier molecular flexibility index (Phi) is 3.17. The molecule has 0 amide bonds. The number of carboxylic acid groups (broad SMARTS) is 1. The van der Waals surface area contributed by atoms with Gasteiger partial charge in [0.05, 0.1) is 0 Å². The summed E-state index contributed by atoms with van der Waals surface area (Å²) < 4.78 is 0. The molecule has 0 aromatic rings. The van der Waals surface area contributed by atoms with Crippen LogP contribution in [-0.2, 0) is 4.79 Å². The zero-order chi connectivity index (χ0) is 10.9. The topological polar surface area (TPSA) is 66.6 Å². The second kappa shape index (κ2) is 3.87. The largest absolute Gasteiger partial charge is 0.480 e. The van der Waals surface area contributed by atoms with Crippen LogP contribution in [0.1, 0.15) is 26.7 Å². The molecular formula is C10H20N2O2. The van der Waals surface area contributed by atoms with Crippen LogP contribution in [-0.4, -0.2) is 41.1 Å². The highest BCUT2D eigenvalue weighted by atomic mass is 16.4. The molecule has 0 aliphatic heterocycles. The van der Waals surface area contributed by atoms with Crippen molar-refractivity contribution in [2.75, 3.05) is 13.6 Å². The summed E-state index contributed by atoms with van der Waals surface area (Å²) in [6.07, 6.45) is 1.91. The first-order valence-corrected chi connectivity index (χ1v) is 5.10. The molecule has 0 heterocycles. The van der Waals surface area contributed by atoms with E-state index in [1.807, 2.05) is 25.8 Å². The number of carboxylic acids is 1. The molecule has 1 atom stereocenters. The Balaban J connectivity index is 2.64. The van der Waals surface area contributed by atoms with Gasteiger partial charge in [-0.25, -0.2) is 0 Å². The minimum absolute atomic E-state index is 0.168. The van der Waals surface area contributed by atoms with E-state index < -0.39 is 11.5 Å². The van der Waals surface area contributed by atoms with Crippen molar-refractivity contribution in [1.82, 2.24) is 4.90 Å². The van der Waals surface area contributed by atoms with E-state index in [1.165, 1.54) is 0 Å². The van der Waals surface area contributed by atoms with Crippen LogP contribution in [0.15, 0.2) is 0 Å². The summed E-state index contributed by atoms with van der Waals surface area (Å²) in [6, 6.07) is 0.330. The van der Waals surface area contributed by atoms with Crippen LogP contribution < -0.4 is 5.73 Å². The first-order chi connectivity index (χ1) is 6.38. The molecule has 82 valence electrons. The summed E-state index contributed by atoms with van der Waals surface area (Å²) in [4.78, 5) is 13.1. The standard InChI is InChI=1S/C10H20N2O2/c1-7(2)12(3)6-10(11,9(13)14)8-4-5-8/h7-8H,4-6,11H2,1-3H3,(H,13,14). The molecule has 1 fully saturated rings. The van der Waals surface area contributed by atoms with Gasteiger partial charge in [-0.2, -0.15) is 0 Å². The molecule has 0 aromatic carbocycles. The Bertz CT molecular complexity index is 226. The maximum Gasteiger partial charge on any atom is 0.325 e. The normalized spacial score (nSPS) is 21.3. The fraction of sp³-hybridized carbons (Fsp3) is 0.900. The smallest absolute Gasteiger partial charge is 0.325 e. The van der Waals surface area contributed by atoms with Crippen molar-refractivity contribution in [3.63, 3.8) is 0 Å². The third-order valence-electron chi connectivity index (χ3n) is 3.10. The maximum absolute atomic E-state index is 11.1. The number of nitrogens with zero attached hydrogens (tertiary/aromatic N) is 1. The van der Waals surface area contributed by atoms with Crippen molar-refractivity contribution in [2.45, 2.75) is 38.3 Å². The summed E-state index contributed by atoms with van der Waals surface area (Å²) in [5, 5.41) is 9.12. The zero-order valence-electron chi connectivity index (χ0n) is 9.16. The van der Waals surface area contributed by atoms with Gasteiger partial charge in [0, 0.05) is 12.6 Å². The number of hydrogen-bond donors (Lipinski definition) is 2. The van der Waals surface area contributed by atoms with Gasteiger partial charge >= 0.3 is 5.97 Å². The fourth-order valence-electron chi connectivity index (χ4n) is 1.57. The van der Waals surface area contributed by atoms with Gasteiger partial charge in [-0.05, 0) is 39.7 Å². The van der Waals surface area contributed by atoms with Crippen molar-refractivity contribution in [3.8, 4) is 0 Å². The van der Waals surface area contributed by atoms with Gasteiger partial charge in [0.15, 0.2) is 0 Å². The molecule has 1 aliphatic rings. The Hall–Kier alpha value is -0.610. The lowest BCUT2D eigenvalue weighted by molar-refractivity contribution is -0.145. The number of likely N-dealkylation sites (N-methyl/N-ethyl adjacent to an activating group) is 1. The molecule has 0 spiro atoms. The van der Waals surface area contributed by atoms with Crippen LogP contribution in [0.4, 0.5) is 0 Å². The molecular weight excluding hydrogens is 180 g/mol. The maximum atomic E-state index is 11.1. The SMILES string of the molecule is CC(C)N(C)CC(N)(C(=O)O)C1CC1. The lowest BCUT2D eigenvalue weighted by Crippen LogP contribution is -2.58. The molecule has 0 aromatic heterocycles. The number of rotatable bonds is 5. The van der Waals surface area contributed by atoms with E-state index in [4.69, 9.17) is 10.8 Å². The summed E-state index contributed by atoms with van der Waals surface area (Å²) in [7, 11) is 1.91. The molecule has 1 aliphatic carbocycles. The molecule has 1 saturated carbocycles. The Labute approximate surface area is 85.1 Å². The first-order valence-electron chi connectivity index (χ1n) is 5.10. The average Bonchev–Trinajstić information content (AvgIpc) is 2.85. The van der Waals surface area contributed by atoms with Crippen molar-refractivity contribution in [2.24, 2.45) is 11.7 Å². The minimum atomic E-state index is -1.04. The van der Waals surface area contributed by atoms with Gasteiger partial charge in [0.1, 0.15) is 5.54 Å². The molecule has 1 unspecified atom stereocenters. The predicted molar refractivity (Wildman–Crippen MR) is 55.0 cm³/mol. The second-order valence-electron chi connectivity index (χ2n) is 4.63. The van der Waals surface area contributed by atoms with Crippen molar-refractivity contribution in [1.29, 1.82) is 0 Å². The lowest BCUT2D eigenvalue weighted by atomic mass is 9.93. The number of hydrogen-bond acceptors (Lipinski definition) is 3. The summed E-state index contributed by atoms with van der Waals surface area (Å²) in [6.45, 7) is 4.51. The van der Waals surface area contributed by atoms with Crippen molar-refractivity contribution in [3.05, 3.63) is 0 Å². The van der Waals surface area contributed by atoms with Gasteiger partial charge in [-0.3, -0.25) is 4.79 Å². The van der Waals surface area contributed by atoms with Gasteiger partial charge in [0.2, 0.25) is 0 Å². The predicted octanol–water partition coefficient (Wildman–Crippen LogP) is 0.519. The highest BCUT2D eigenvalue weighted by Gasteiger charge is 2.48. The molecule has 0 radical (unpaired) electrons. The molecule has 3 N–H and O–H groups in total. The van der Waals surface area contributed by atoms with E-state index in [1.54, 1.807) is 0 Å². The van der Waals surface area contributed by atoms with Crippen molar-refractivity contribution >= 4 is 5.97 Å². The monoisotopic (exact) mass is 200 g/mol. The highest BCUT2D eigenvalue weighted by molar-refractivity contribution is 5.79. The summed E-state index contributed by atoms with van der Waals surface area (Å²) in [5.41, 5.74) is 4.90. The van der Waals surface area contributed by atoms with E-state index in [9.17, 15) is 4.79 Å². The highest BCUT2D eigenvalue weighted by Crippen LogP contribution is 2.38. The van der Waals surface area contributed by atoms with Crippen LogP contribution >= 0.6 is 0 Å². The fourth-order valence-corrected chi connectivity index (χ4v) is 1.57. The Morgan fingerprint density at radius 3 is 2.43 bits per heavy atom. The van der Waals surface area contributed by atoms with Gasteiger partial charge in [-0.1, -0.05) is 0 Å². The second-order valence-corrected chi connectivity index (χ2v) is 4.63.